The van der Waals surface area contributed by atoms with Crippen LogP contribution in [0.15, 0.2) is 48.5 Å². The molecule has 0 fully saturated rings. The highest BCUT2D eigenvalue weighted by atomic mass is 19.4. The fourth-order valence-electron chi connectivity index (χ4n) is 2.97. The van der Waals surface area contributed by atoms with Crippen molar-refractivity contribution in [3.05, 3.63) is 65.4 Å². The third-order valence-corrected chi connectivity index (χ3v) is 4.22. The van der Waals surface area contributed by atoms with Gasteiger partial charge in [-0.1, -0.05) is 30.3 Å². The summed E-state index contributed by atoms with van der Waals surface area (Å²) in [6.45, 7) is 0. The van der Waals surface area contributed by atoms with Crippen LogP contribution in [0.3, 0.4) is 0 Å². The number of alkyl halides is 3. The van der Waals surface area contributed by atoms with E-state index in [0.717, 1.165) is 11.6 Å². The molecule has 0 saturated carbocycles. The van der Waals surface area contributed by atoms with Crippen LogP contribution >= 0.6 is 0 Å². The Morgan fingerprint density at radius 2 is 1.54 bits per heavy atom. The van der Waals surface area contributed by atoms with Crippen molar-refractivity contribution in [1.82, 2.24) is 4.98 Å². The van der Waals surface area contributed by atoms with Crippen molar-refractivity contribution < 1.29 is 22.6 Å². The molecular weight excluding hydrogens is 343 g/mol. The van der Waals surface area contributed by atoms with Crippen molar-refractivity contribution >= 4 is 10.9 Å². The Bertz CT molecular complexity index is 908. The van der Waals surface area contributed by atoms with E-state index < -0.39 is 11.9 Å². The second-order valence-electron chi connectivity index (χ2n) is 5.84. The zero-order chi connectivity index (χ0) is 18.7. The van der Waals surface area contributed by atoms with Crippen LogP contribution in [0, 0.1) is 0 Å². The van der Waals surface area contributed by atoms with E-state index in [1.807, 2.05) is 30.3 Å². The van der Waals surface area contributed by atoms with Crippen molar-refractivity contribution in [2.75, 3.05) is 14.2 Å². The molecule has 0 aliphatic carbocycles. The molecule has 0 amide bonds. The first kappa shape index (κ1) is 18.0. The monoisotopic (exact) mass is 361 g/mol. The summed E-state index contributed by atoms with van der Waals surface area (Å²) in [5.74, 6) is 0.762. The van der Waals surface area contributed by atoms with Gasteiger partial charge in [-0.3, -0.25) is 0 Å². The van der Waals surface area contributed by atoms with Gasteiger partial charge in [-0.2, -0.15) is 13.2 Å². The van der Waals surface area contributed by atoms with Gasteiger partial charge >= 0.3 is 6.18 Å². The lowest BCUT2D eigenvalue weighted by molar-refractivity contribution is -0.141. The number of ether oxygens (including phenoxy) is 2. The predicted molar refractivity (Wildman–Crippen MR) is 93.7 cm³/mol. The Kier molecular flexibility index (Phi) is 5.02. The number of nitrogens with zero attached hydrogens (tertiary/aromatic N) is 1. The number of benzene rings is 2. The minimum absolute atomic E-state index is 0.157. The van der Waals surface area contributed by atoms with E-state index in [0.29, 0.717) is 29.5 Å². The third-order valence-electron chi connectivity index (χ3n) is 4.22. The molecule has 0 saturated heterocycles. The lowest BCUT2D eigenvalue weighted by Crippen LogP contribution is -2.10. The van der Waals surface area contributed by atoms with E-state index in [-0.39, 0.29) is 11.3 Å². The van der Waals surface area contributed by atoms with Gasteiger partial charge in [-0.15, -0.1) is 0 Å². The molecular formula is C20H18F3NO2. The molecule has 0 aliphatic heterocycles. The summed E-state index contributed by atoms with van der Waals surface area (Å²) >= 11 is 0. The maximum absolute atomic E-state index is 13.3. The number of halogens is 3. The number of hydrogen-bond donors (Lipinski definition) is 0. The molecule has 3 aromatic rings. The first-order valence-corrected chi connectivity index (χ1v) is 8.09. The van der Waals surface area contributed by atoms with E-state index in [1.165, 1.54) is 14.2 Å². The molecule has 0 atom stereocenters. The fourth-order valence-corrected chi connectivity index (χ4v) is 2.97. The van der Waals surface area contributed by atoms with Crippen LogP contribution in [0.4, 0.5) is 13.2 Å². The summed E-state index contributed by atoms with van der Waals surface area (Å²) in [5.41, 5.74) is 0.805. The van der Waals surface area contributed by atoms with E-state index >= 15 is 0 Å². The summed E-state index contributed by atoms with van der Waals surface area (Å²) in [4.78, 5) is 3.81. The Morgan fingerprint density at radius 3 is 2.15 bits per heavy atom. The molecule has 26 heavy (non-hydrogen) atoms. The third kappa shape index (κ3) is 3.59. The molecule has 0 N–H and O–H groups in total. The van der Waals surface area contributed by atoms with Crippen molar-refractivity contribution in [1.29, 1.82) is 0 Å². The minimum atomic E-state index is -4.54. The van der Waals surface area contributed by atoms with Gasteiger partial charge < -0.3 is 9.47 Å². The van der Waals surface area contributed by atoms with Gasteiger partial charge in [0.1, 0.15) is 22.7 Å². The number of hydrogen-bond acceptors (Lipinski definition) is 3. The van der Waals surface area contributed by atoms with Crippen molar-refractivity contribution in [2.24, 2.45) is 0 Å². The van der Waals surface area contributed by atoms with Gasteiger partial charge in [0.2, 0.25) is 0 Å². The van der Waals surface area contributed by atoms with E-state index in [1.54, 1.807) is 12.1 Å². The Morgan fingerprint density at radius 1 is 0.885 bits per heavy atom. The lowest BCUT2D eigenvalue weighted by atomic mass is 9.99. The van der Waals surface area contributed by atoms with Crippen LogP contribution in [0.5, 0.6) is 11.5 Å². The summed E-state index contributed by atoms with van der Waals surface area (Å²) in [7, 11) is 2.90. The molecule has 3 rings (SSSR count). The minimum Gasteiger partial charge on any atom is -0.496 e. The van der Waals surface area contributed by atoms with Crippen LogP contribution < -0.4 is 9.47 Å². The predicted octanol–water partition coefficient (Wildman–Crippen LogP) is 5.06. The molecule has 0 unspecified atom stereocenters. The van der Waals surface area contributed by atoms with Gasteiger partial charge in [0, 0.05) is 5.39 Å². The van der Waals surface area contributed by atoms with Crippen molar-refractivity contribution in [3.8, 4) is 11.5 Å². The number of aryl methyl sites for hydroxylation is 2. The zero-order valence-corrected chi connectivity index (χ0v) is 14.4. The second kappa shape index (κ2) is 7.23. The SMILES string of the molecule is COc1ccc(OC)c2c(CCc3ccccc3)cc(C(F)(F)F)nc12. The topological polar surface area (TPSA) is 31.4 Å². The first-order valence-electron chi connectivity index (χ1n) is 8.09. The quantitative estimate of drug-likeness (QED) is 0.637. The smallest absolute Gasteiger partial charge is 0.433 e. The highest BCUT2D eigenvalue weighted by molar-refractivity contribution is 5.93. The van der Waals surface area contributed by atoms with Crippen LogP contribution in [-0.2, 0) is 19.0 Å². The van der Waals surface area contributed by atoms with Crippen molar-refractivity contribution in [3.63, 3.8) is 0 Å². The molecule has 0 aliphatic rings. The number of aromatic nitrogens is 1. The zero-order valence-electron chi connectivity index (χ0n) is 14.4. The summed E-state index contributed by atoms with van der Waals surface area (Å²) < 4.78 is 50.6. The maximum atomic E-state index is 13.3. The molecule has 1 aromatic heterocycles. The van der Waals surface area contributed by atoms with Crippen LogP contribution in [0.1, 0.15) is 16.8 Å². The second-order valence-corrected chi connectivity index (χ2v) is 5.84. The Hall–Kier alpha value is -2.76. The normalized spacial score (nSPS) is 11.6. The summed E-state index contributed by atoms with van der Waals surface area (Å²) in [5, 5.41) is 0.552. The molecule has 6 heteroatoms. The number of methoxy groups -OCH3 is 2. The number of pyridine rings is 1. The average molecular weight is 361 g/mol. The summed E-state index contributed by atoms with van der Waals surface area (Å²) in [6, 6.07) is 14.0. The van der Waals surface area contributed by atoms with Crippen LogP contribution in [-0.4, -0.2) is 19.2 Å². The molecule has 1 heterocycles. The highest BCUT2D eigenvalue weighted by Crippen LogP contribution is 2.38. The van der Waals surface area contributed by atoms with Crippen LogP contribution in [0.25, 0.3) is 10.9 Å². The van der Waals surface area contributed by atoms with E-state index in [4.69, 9.17) is 9.47 Å². The maximum Gasteiger partial charge on any atom is 0.433 e. The van der Waals surface area contributed by atoms with Crippen molar-refractivity contribution in [2.45, 2.75) is 19.0 Å². The van der Waals surface area contributed by atoms with Crippen LogP contribution in [0.2, 0.25) is 0 Å². The molecule has 2 aromatic carbocycles. The standard InChI is InChI=1S/C20H18F3NO2/c1-25-15-10-11-16(26-2)19-18(15)14(12-17(24-19)20(21,22)23)9-8-13-6-4-3-5-7-13/h3-7,10-12H,8-9H2,1-2H3. The number of rotatable bonds is 5. The molecule has 0 bridgehead atoms. The van der Waals surface area contributed by atoms with Gasteiger partial charge in [-0.05, 0) is 42.2 Å². The average Bonchev–Trinajstić information content (AvgIpc) is 2.65. The highest BCUT2D eigenvalue weighted by Gasteiger charge is 2.34. The first-order chi connectivity index (χ1) is 12.4. The van der Waals surface area contributed by atoms with Gasteiger partial charge in [0.25, 0.3) is 0 Å². The van der Waals surface area contributed by atoms with E-state index in [2.05, 4.69) is 4.98 Å². The molecule has 136 valence electrons. The number of fused-ring (bicyclic) bond motifs is 1. The largest absolute Gasteiger partial charge is 0.496 e. The fraction of sp³-hybridized carbons (Fsp3) is 0.250. The van der Waals surface area contributed by atoms with Gasteiger partial charge in [0.05, 0.1) is 14.2 Å². The molecule has 0 spiro atoms. The van der Waals surface area contributed by atoms with Gasteiger partial charge in [0.15, 0.2) is 0 Å². The van der Waals surface area contributed by atoms with Gasteiger partial charge in [-0.25, -0.2) is 4.98 Å². The Labute approximate surface area is 149 Å². The molecule has 3 nitrogen and oxygen atoms in total. The lowest BCUT2D eigenvalue weighted by Gasteiger charge is -2.16. The Balaban J connectivity index is 2.17. The molecule has 0 radical (unpaired) electrons. The van der Waals surface area contributed by atoms with E-state index in [9.17, 15) is 13.2 Å². The summed E-state index contributed by atoms with van der Waals surface area (Å²) in [6.07, 6.45) is -3.50.